The molecule has 31 heavy (non-hydrogen) atoms. The third-order valence-corrected chi connectivity index (χ3v) is 4.86. The molecule has 0 bridgehead atoms. The number of rotatable bonds is 6. The molecule has 0 spiro atoms. The van der Waals surface area contributed by atoms with Crippen LogP contribution in [0.1, 0.15) is 10.6 Å². The SMILES string of the molecule is COc1cccc(-c2ccc(C(=O)N3CCNCC3COc3cccnc3)o2)c1.Cl.Cl. The van der Waals surface area contributed by atoms with Gasteiger partial charge in [0.05, 0.1) is 19.3 Å². The van der Waals surface area contributed by atoms with Crippen LogP contribution in [0.5, 0.6) is 11.5 Å². The van der Waals surface area contributed by atoms with Gasteiger partial charge in [-0.1, -0.05) is 12.1 Å². The largest absolute Gasteiger partial charge is 0.497 e. The van der Waals surface area contributed by atoms with Gasteiger partial charge in [-0.3, -0.25) is 9.78 Å². The number of piperazine rings is 1. The van der Waals surface area contributed by atoms with Crippen LogP contribution in [-0.4, -0.2) is 55.2 Å². The molecule has 1 N–H and O–H groups in total. The fourth-order valence-electron chi connectivity index (χ4n) is 3.33. The second kappa shape index (κ2) is 11.6. The average Bonchev–Trinajstić information content (AvgIpc) is 3.28. The van der Waals surface area contributed by atoms with Crippen molar-refractivity contribution in [2.75, 3.05) is 33.4 Å². The molecule has 0 saturated carbocycles. The first-order chi connectivity index (χ1) is 14.2. The number of carbonyl (C=O) groups is 1. The van der Waals surface area contributed by atoms with E-state index in [1.807, 2.05) is 42.5 Å². The Bertz CT molecular complexity index is 968. The van der Waals surface area contributed by atoms with Crippen molar-refractivity contribution in [3.05, 3.63) is 66.7 Å². The van der Waals surface area contributed by atoms with Crippen LogP contribution in [0.3, 0.4) is 0 Å². The van der Waals surface area contributed by atoms with Gasteiger partial charge in [0.2, 0.25) is 0 Å². The number of furan rings is 1. The molecule has 2 aromatic heterocycles. The minimum atomic E-state index is -0.138. The topological polar surface area (TPSA) is 76.8 Å². The summed E-state index contributed by atoms with van der Waals surface area (Å²) in [5.41, 5.74) is 0.861. The fourth-order valence-corrected chi connectivity index (χ4v) is 3.33. The van der Waals surface area contributed by atoms with Gasteiger partial charge in [-0.15, -0.1) is 24.8 Å². The highest BCUT2D eigenvalue weighted by Gasteiger charge is 2.29. The standard InChI is InChI=1S/C22H23N3O4.2ClH/c1-27-18-5-2-4-16(12-18)20-7-8-21(29-20)22(26)25-11-10-24-13-17(25)15-28-19-6-3-9-23-14-19;;/h2-9,12,14,17,24H,10-11,13,15H2,1H3;2*1H. The molecule has 1 atom stereocenters. The van der Waals surface area contributed by atoms with E-state index >= 15 is 0 Å². The number of halogens is 2. The third-order valence-electron chi connectivity index (χ3n) is 4.86. The molecule has 1 aromatic carbocycles. The van der Waals surface area contributed by atoms with Crippen LogP contribution < -0.4 is 14.8 Å². The molecule has 9 heteroatoms. The summed E-state index contributed by atoms with van der Waals surface area (Å²) in [5, 5.41) is 3.32. The first-order valence-electron chi connectivity index (χ1n) is 9.53. The van der Waals surface area contributed by atoms with Crippen LogP contribution in [0, 0.1) is 0 Å². The predicted octanol–water partition coefficient (Wildman–Crippen LogP) is 3.69. The van der Waals surface area contributed by atoms with E-state index < -0.39 is 0 Å². The lowest BCUT2D eigenvalue weighted by Crippen LogP contribution is -2.55. The Hall–Kier alpha value is -2.74. The number of carbonyl (C=O) groups excluding carboxylic acids is 1. The van der Waals surface area contributed by atoms with E-state index in [0.717, 1.165) is 17.9 Å². The summed E-state index contributed by atoms with van der Waals surface area (Å²) in [5.74, 6) is 2.23. The summed E-state index contributed by atoms with van der Waals surface area (Å²) >= 11 is 0. The van der Waals surface area contributed by atoms with E-state index in [4.69, 9.17) is 13.9 Å². The van der Waals surface area contributed by atoms with Gasteiger partial charge < -0.3 is 24.1 Å². The van der Waals surface area contributed by atoms with Gasteiger partial charge in [0.1, 0.15) is 23.9 Å². The highest BCUT2D eigenvalue weighted by atomic mass is 35.5. The number of nitrogens with zero attached hydrogens (tertiary/aromatic N) is 2. The summed E-state index contributed by atoms with van der Waals surface area (Å²) in [6.07, 6.45) is 3.36. The lowest BCUT2D eigenvalue weighted by molar-refractivity contribution is 0.0529. The van der Waals surface area contributed by atoms with Crippen molar-refractivity contribution in [1.29, 1.82) is 0 Å². The molecule has 1 saturated heterocycles. The number of nitrogens with one attached hydrogen (secondary N) is 1. The average molecular weight is 466 g/mol. The van der Waals surface area contributed by atoms with Crippen molar-refractivity contribution in [3.8, 4) is 22.8 Å². The van der Waals surface area contributed by atoms with Gasteiger partial charge in [-0.2, -0.15) is 0 Å². The van der Waals surface area contributed by atoms with Gasteiger partial charge >= 0.3 is 0 Å². The van der Waals surface area contributed by atoms with Crippen LogP contribution in [0.4, 0.5) is 0 Å². The minimum Gasteiger partial charge on any atom is -0.497 e. The second-order valence-electron chi connectivity index (χ2n) is 6.75. The van der Waals surface area contributed by atoms with Crippen LogP contribution in [0.15, 0.2) is 65.3 Å². The molecular weight excluding hydrogens is 441 g/mol. The Morgan fingerprint density at radius 3 is 2.81 bits per heavy atom. The first kappa shape index (κ1) is 24.5. The summed E-state index contributed by atoms with van der Waals surface area (Å²) < 4.78 is 17.0. The number of hydrogen-bond donors (Lipinski definition) is 1. The molecular formula is C22H25Cl2N3O4. The monoisotopic (exact) mass is 465 g/mol. The number of ether oxygens (including phenoxy) is 2. The van der Waals surface area contributed by atoms with Crippen LogP contribution in [-0.2, 0) is 0 Å². The molecule has 7 nitrogen and oxygen atoms in total. The molecule has 1 aliphatic heterocycles. The highest BCUT2D eigenvalue weighted by molar-refractivity contribution is 5.92. The lowest BCUT2D eigenvalue weighted by Gasteiger charge is -2.35. The van der Waals surface area contributed by atoms with E-state index in [9.17, 15) is 4.79 Å². The molecule has 3 aromatic rings. The first-order valence-corrected chi connectivity index (χ1v) is 9.53. The maximum absolute atomic E-state index is 13.1. The van der Waals surface area contributed by atoms with Crippen molar-refractivity contribution in [2.24, 2.45) is 0 Å². The Morgan fingerprint density at radius 2 is 2.03 bits per heavy atom. The van der Waals surface area contributed by atoms with Gasteiger partial charge in [-0.25, -0.2) is 0 Å². The molecule has 166 valence electrons. The van der Waals surface area contributed by atoms with Crippen molar-refractivity contribution in [1.82, 2.24) is 15.2 Å². The van der Waals surface area contributed by atoms with E-state index in [0.29, 0.717) is 37.0 Å². The van der Waals surface area contributed by atoms with Crippen molar-refractivity contribution in [3.63, 3.8) is 0 Å². The molecule has 0 radical (unpaired) electrons. The van der Waals surface area contributed by atoms with E-state index in [1.165, 1.54) is 0 Å². The summed E-state index contributed by atoms with van der Waals surface area (Å²) in [6, 6.07) is 14.7. The molecule has 1 unspecified atom stereocenters. The van der Waals surface area contributed by atoms with Crippen LogP contribution >= 0.6 is 24.8 Å². The molecule has 1 fully saturated rings. The van der Waals surface area contributed by atoms with Gasteiger partial charge in [0, 0.05) is 31.4 Å². The van der Waals surface area contributed by atoms with Crippen LogP contribution in [0.25, 0.3) is 11.3 Å². The quantitative estimate of drug-likeness (QED) is 0.598. The molecule has 3 heterocycles. The van der Waals surface area contributed by atoms with Crippen molar-refractivity contribution >= 4 is 30.7 Å². The Morgan fingerprint density at radius 1 is 1.19 bits per heavy atom. The predicted molar refractivity (Wildman–Crippen MR) is 123 cm³/mol. The van der Waals surface area contributed by atoms with E-state index in [1.54, 1.807) is 30.5 Å². The molecule has 1 amide bonds. The van der Waals surface area contributed by atoms with Gasteiger partial charge in [0.25, 0.3) is 5.91 Å². The molecule has 0 aliphatic carbocycles. The zero-order valence-corrected chi connectivity index (χ0v) is 18.7. The Balaban J connectivity index is 0.00000171. The minimum absolute atomic E-state index is 0. The fraction of sp³-hybridized carbons (Fsp3) is 0.273. The number of benzene rings is 1. The molecule has 4 rings (SSSR count). The van der Waals surface area contributed by atoms with E-state index in [-0.39, 0.29) is 36.8 Å². The maximum Gasteiger partial charge on any atom is 0.290 e. The summed E-state index contributed by atoms with van der Waals surface area (Å²) in [6.45, 7) is 2.37. The number of aromatic nitrogens is 1. The zero-order valence-electron chi connectivity index (χ0n) is 17.0. The van der Waals surface area contributed by atoms with E-state index in [2.05, 4.69) is 10.3 Å². The molecule has 1 aliphatic rings. The third kappa shape index (κ3) is 5.91. The van der Waals surface area contributed by atoms with Crippen molar-refractivity contribution in [2.45, 2.75) is 6.04 Å². The highest BCUT2D eigenvalue weighted by Crippen LogP contribution is 2.26. The van der Waals surface area contributed by atoms with Gasteiger partial charge in [0.15, 0.2) is 5.76 Å². The number of hydrogen-bond acceptors (Lipinski definition) is 6. The lowest BCUT2D eigenvalue weighted by atomic mass is 10.1. The zero-order chi connectivity index (χ0) is 20.1. The number of amides is 1. The second-order valence-corrected chi connectivity index (χ2v) is 6.75. The maximum atomic E-state index is 13.1. The van der Waals surface area contributed by atoms with Gasteiger partial charge in [-0.05, 0) is 36.4 Å². The van der Waals surface area contributed by atoms with Crippen molar-refractivity contribution < 1.29 is 18.7 Å². The smallest absolute Gasteiger partial charge is 0.290 e. The number of pyridine rings is 1. The Kier molecular flexibility index (Phi) is 9.18. The summed E-state index contributed by atoms with van der Waals surface area (Å²) in [7, 11) is 1.62. The van der Waals surface area contributed by atoms with Crippen LogP contribution in [0.2, 0.25) is 0 Å². The Labute approximate surface area is 193 Å². The summed E-state index contributed by atoms with van der Waals surface area (Å²) in [4.78, 5) is 19.0. The number of methoxy groups -OCH3 is 1. The normalized spacial score (nSPS) is 15.4.